The molecule has 0 N–H and O–H groups in total. The third-order valence-corrected chi connectivity index (χ3v) is 5.28. The number of para-hydroxylation sites is 4. The van der Waals surface area contributed by atoms with E-state index in [1.165, 1.54) is 11.1 Å². The molecule has 154 valence electrons. The van der Waals surface area contributed by atoms with Crippen LogP contribution in [0.4, 0.5) is 0 Å². The van der Waals surface area contributed by atoms with Gasteiger partial charge in [0, 0.05) is 6.54 Å². The van der Waals surface area contributed by atoms with E-state index in [0.717, 1.165) is 47.7 Å². The van der Waals surface area contributed by atoms with Crippen molar-refractivity contribution in [1.29, 1.82) is 0 Å². The number of hydrogen-bond acceptors (Lipinski definition) is 3. The Labute approximate surface area is 178 Å². The normalized spacial score (nSPS) is 11.0. The molecule has 30 heavy (non-hydrogen) atoms. The molecule has 0 fully saturated rings. The van der Waals surface area contributed by atoms with Crippen LogP contribution in [0.15, 0.2) is 72.8 Å². The number of aromatic nitrogens is 2. The summed E-state index contributed by atoms with van der Waals surface area (Å²) in [6.07, 6.45) is 2.00. The number of rotatable bonds is 9. The van der Waals surface area contributed by atoms with E-state index in [1.54, 1.807) is 0 Å². The topological polar surface area (TPSA) is 36.3 Å². The van der Waals surface area contributed by atoms with Crippen molar-refractivity contribution in [2.24, 2.45) is 0 Å². The average molecular weight is 401 g/mol. The van der Waals surface area contributed by atoms with Gasteiger partial charge in [-0.2, -0.15) is 0 Å². The molecule has 0 unspecified atom stereocenters. The Hall–Kier alpha value is -3.27. The molecular weight excluding hydrogens is 372 g/mol. The SMILES string of the molecule is Cc1cccc(C)c1OCCCCn1c(COc2ccccc2)nc2ccccc21. The summed E-state index contributed by atoms with van der Waals surface area (Å²) in [4.78, 5) is 4.80. The van der Waals surface area contributed by atoms with E-state index >= 15 is 0 Å². The third kappa shape index (κ3) is 4.65. The Balaban J connectivity index is 1.39. The van der Waals surface area contributed by atoms with Gasteiger partial charge in [0.15, 0.2) is 0 Å². The fraction of sp³-hybridized carbons (Fsp3) is 0.269. The van der Waals surface area contributed by atoms with E-state index in [2.05, 4.69) is 54.8 Å². The largest absolute Gasteiger partial charge is 0.493 e. The summed E-state index contributed by atoms with van der Waals surface area (Å²) in [5, 5.41) is 0. The first-order chi connectivity index (χ1) is 14.7. The first kappa shape index (κ1) is 20.0. The van der Waals surface area contributed by atoms with Gasteiger partial charge in [-0.25, -0.2) is 4.98 Å². The molecule has 0 radical (unpaired) electrons. The number of nitrogens with zero attached hydrogens (tertiary/aromatic N) is 2. The first-order valence-corrected chi connectivity index (χ1v) is 10.5. The van der Waals surface area contributed by atoms with Gasteiger partial charge in [-0.1, -0.05) is 48.5 Å². The van der Waals surface area contributed by atoms with E-state index in [4.69, 9.17) is 14.5 Å². The van der Waals surface area contributed by atoms with E-state index in [1.807, 2.05) is 36.4 Å². The Morgan fingerprint density at radius 2 is 1.50 bits per heavy atom. The Morgan fingerprint density at radius 3 is 2.30 bits per heavy atom. The number of ether oxygens (including phenoxy) is 2. The number of hydrogen-bond donors (Lipinski definition) is 0. The summed E-state index contributed by atoms with van der Waals surface area (Å²) in [5.41, 5.74) is 4.54. The van der Waals surface area contributed by atoms with Crippen LogP contribution in [0.25, 0.3) is 11.0 Å². The van der Waals surface area contributed by atoms with E-state index in [9.17, 15) is 0 Å². The van der Waals surface area contributed by atoms with Crippen molar-refractivity contribution in [2.45, 2.75) is 39.8 Å². The molecule has 4 rings (SSSR count). The minimum Gasteiger partial charge on any atom is -0.493 e. The fourth-order valence-electron chi connectivity index (χ4n) is 3.72. The summed E-state index contributed by atoms with van der Waals surface area (Å²) in [6.45, 7) is 6.26. The highest BCUT2D eigenvalue weighted by Gasteiger charge is 2.11. The van der Waals surface area contributed by atoms with Crippen molar-refractivity contribution in [2.75, 3.05) is 6.61 Å². The monoisotopic (exact) mass is 400 g/mol. The maximum absolute atomic E-state index is 6.06. The van der Waals surface area contributed by atoms with Gasteiger partial charge < -0.3 is 14.0 Å². The molecule has 1 aromatic heterocycles. The van der Waals surface area contributed by atoms with Crippen molar-refractivity contribution in [3.63, 3.8) is 0 Å². The molecule has 0 aliphatic carbocycles. The molecule has 4 aromatic rings. The predicted octanol–water partition coefficient (Wildman–Crippen LogP) is 6.09. The molecule has 0 aliphatic rings. The van der Waals surface area contributed by atoms with Crippen LogP contribution < -0.4 is 9.47 Å². The van der Waals surface area contributed by atoms with E-state index < -0.39 is 0 Å². The average Bonchev–Trinajstić information content (AvgIpc) is 3.12. The number of aryl methyl sites for hydroxylation is 3. The van der Waals surface area contributed by atoms with E-state index in [0.29, 0.717) is 13.2 Å². The van der Waals surface area contributed by atoms with Gasteiger partial charge in [-0.3, -0.25) is 0 Å². The van der Waals surface area contributed by atoms with Crippen LogP contribution in [-0.4, -0.2) is 16.2 Å². The minimum absolute atomic E-state index is 0.456. The zero-order valence-electron chi connectivity index (χ0n) is 17.7. The fourth-order valence-corrected chi connectivity index (χ4v) is 3.72. The second-order valence-corrected chi connectivity index (χ2v) is 7.55. The molecule has 0 saturated carbocycles. The molecule has 4 heteroatoms. The highest BCUT2D eigenvalue weighted by molar-refractivity contribution is 5.75. The Bertz CT molecular complexity index is 1080. The number of fused-ring (bicyclic) bond motifs is 1. The zero-order chi connectivity index (χ0) is 20.8. The second-order valence-electron chi connectivity index (χ2n) is 7.55. The van der Waals surface area contributed by atoms with Gasteiger partial charge >= 0.3 is 0 Å². The first-order valence-electron chi connectivity index (χ1n) is 10.5. The minimum atomic E-state index is 0.456. The highest BCUT2D eigenvalue weighted by Crippen LogP contribution is 2.23. The third-order valence-electron chi connectivity index (χ3n) is 5.28. The molecule has 4 nitrogen and oxygen atoms in total. The summed E-state index contributed by atoms with van der Waals surface area (Å²) in [7, 11) is 0. The van der Waals surface area contributed by atoms with Gasteiger partial charge in [-0.15, -0.1) is 0 Å². The molecule has 0 amide bonds. The molecule has 0 aliphatic heterocycles. The van der Waals surface area contributed by atoms with Gasteiger partial charge in [0.05, 0.1) is 17.6 Å². The Kier molecular flexibility index (Phi) is 6.33. The van der Waals surface area contributed by atoms with Gasteiger partial charge in [0.1, 0.15) is 23.9 Å². The molecule has 0 bridgehead atoms. The van der Waals surface area contributed by atoms with Crippen LogP contribution in [0.5, 0.6) is 11.5 Å². The molecular formula is C26H28N2O2. The zero-order valence-corrected chi connectivity index (χ0v) is 17.7. The van der Waals surface area contributed by atoms with Crippen molar-refractivity contribution in [1.82, 2.24) is 9.55 Å². The maximum atomic E-state index is 6.06. The molecule has 0 atom stereocenters. The highest BCUT2D eigenvalue weighted by atomic mass is 16.5. The van der Waals surface area contributed by atoms with Crippen LogP contribution in [0.3, 0.4) is 0 Å². The lowest BCUT2D eigenvalue weighted by atomic mass is 10.1. The molecule has 3 aromatic carbocycles. The number of unbranched alkanes of at least 4 members (excludes halogenated alkanes) is 1. The molecule has 0 spiro atoms. The summed E-state index contributed by atoms with van der Waals surface area (Å²) in [6, 6.07) is 24.4. The standard InChI is InChI=1S/C26H28N2O2/c1-20-11-10-12-21(2)26(20)29-18-9-8-17-28-24-16-7-6-15-23(24)27-25(28)19-30-22-13-4-3-5-14-22/h3-7,10-16H,8-9,17-19H2,1-2H3. The lowest BCUT2D eigenvalue weighted by molar-refractivity contribution is 0.284. The number of benzene rings is 3. The molecule has 1 heterocycles. The predicted molar refractivity (Wildman–Crippen MR) is 121 cm³/mol. The van der Waals surface area contributed by atoms with Gasteiger partial charge in [0.25, 0.3) is 0 Å². The van der Waals surface area contributed by atoms with Gasteiger partial charge in [-0.05, 0) is 62.1 Å². The lowest BCUT2D eigenvalue weighted by Gasteiger charge is -2.13. The van der Waals surface area contributed by atoms with E-state index in [-0.39, 0.29) is 0 Å². The summed E-state index contributed by atoms with van der Waals surface area (Å²) < 4.78 is 14.3. The van der Waals surface area contributed by atoms with Crippen LogP contribution in [-0.2, 0) is 13.2 Å². The van der Waals surface area contributed by atoms with Gasteiger partial charge in [0.2, 0.25) is 0 Å². The van der Waals surface area contributed by atoms with Crippen LogP contribution >= 0.6 is 0 Å². The Morgan fingerprint density at radius 1 is 0.767 bits per heavy atom. The van der Waals surface area contributed by atoms with Crippen LogP contribution in [0.1, 0.15) is 29.8 Å². The van der Waals surface area contributed by atoms with Crippen LogP contribution in [0.2, 0.25) is 0 Å². The van der Waals surface area contributed by atoms with Crippen LogP contribution in [0, 0.1) is 13.8 Å². The molecule has 0 saturated heterocycles. The van der Waals surface area contributed by atoms with Crippen molar-refractivity contribution in [3.05, 3.63) is 89.7 Å². The second kappa shape index (κ2) is 9.49. The lowest BCUT2D eigenvalue weighted by Crippen LogP contribution is -2.09. The smallest absolute Gasteiger partial charge is 0.147 e. The summed E-state index contributed by atoms with van der Waals surface area (Å²) in [5.74, 6) is 2.83. The van der Waals surface area contributed by atoms with Crippen molar-refractivity contribution < 1.29 is 9.47 Å². The quantitative estimate of drug-likeness (QED) is 0.319. The summed E-state index contributed by atoms with van der Waals surface area (Å²) >= 11 is 0. The van der Waals surface area contributed by atoms with Crippen molar-refractivity contribution >= 4 is 11.0 Å². The maximum Gasteiger partial charge on any atom is 0.147 e. The number of imidazole rings is 1. The van der Waals surface area contributed by atoms with Crippen molar-refractivity contribution in [3.8, 4) is 11.5 Å².